The molecule has 0 aliphatic heterocycles. The van der Waals surface area contributed by atoms with E-state index in [0.29, 0.717) is 11.4 Å². The van der Waals surface area contributed by atoms with Crippen LogP contribution in [0.25, 0.3) is 0 Å². The second kappa shape index (κ2) is 9.18. The highest BCUT2D eigenvalue weighted by molar-refractivity contribution is 7.92. The Balaban J connectivity index is 1.94. The summed E-state index contributed by atoms with van der Waals surface area (Å²) in [4.78, 5) is 16.6. The Morgan fingerprint density at radius 3 is 2.42 bits per heavy atom. The van der Waals surface area contributed by atoms with Gasteiger partial charge in [0.05, 0.1) is 12.8 Å². The van der Waals surface area contributed by atoms with Crippen molar-refractivity contribution in [3.63, 3.8) is 0 Å². The van der Waals surface area contributed by atoms with E-state index in [4.69, 9.17) is 4.74 Å². The number of rotatable bonds is 7. The molecule has 0 unspecified atom stereocenters. The molecule has 0 bridgehead atoms. The van der Waals surface area contributed by atoms with Crippen LogP contribution in [0.2, 0.25) is 0 Å². The topological polar surface area (TPSA) is 97.4 Å². The normalized spacial score (nSPS) is 11.1. The van der Waals surface area contributed by atoms with Gasteiger partial charge in [-0.3, -0.25) is 14.5 Å². The van der Waals surface area contributed by atoms with Crippen LogP contribution in [0.1, 0.15) is 34.1 Å². The summed E-state index contributed by atoms with van der Waals surface area (Å²) in [6.45, 7) is 5.65. The van der Waals surface area contributed by atoms with E-state index in [1.165, 1.54) is 19.2 Å². The van der Waals surface area contributed by atoms with Crippen LogP contribution < -0.4 is 14.8 Å². The first-order valence-electron chi connectivity index (χ1n) is 9.78. The molecule has 31 heavy (non-hydrogen) atoms. The minimum atomic E-state index is -3.98. The number of anilines is 2. The Kier molecular flexibility index (Phi) is 6.60. The van der Waals surface area contributed by atoms with E-state index in [1.54, 1.807) is 18.3 Å². The molecule has 8 heteroatoms. The molecule has 0 spiro atoms. The van der Waals surface area contributed by atoms with Gasteiger partial charge in [-0.05, 0) is 67.3 Å². The lowest BCUT2D eigenvalue weighted by Gasteiger charge is -2.16. The summed E-state index contributed by atoms with van der Waals surface area (Å²) in [6.07, 6.45) is 2.35. The molecule has 1 heterocycles. The Labute approximate surface area is 182 Å². The zero-order chi connectivity index (χ0) is 22.6. The molecule has 0 fully saturated rings. The highest BCUT2D eigenvalue weighted by Gasteiger charge is 2.22. The van der Waals surface area contributed by atoms with Crippen molar-refractivity contribution in [2.45, 2.75) is 32.1 Å². The van der Waals surface area contributed by atoms with Crippen molar-refractivity contribution < 1.29 is 17.9 Å². The first kappa shape index (κ1) is 22.3. The van der Waals surface area contributed by atoms with Crippen molar-refractivity contribution in [2.75, 3.05) is 17.1 Å². The number of pyridine rings is 1. The number of hydrogen-bond acceptors (Lipinski definition) is 5. The summed E-state index contributed by atoms with van der Waals surface area (Å²) in [7, 11) is -2.58. The minimum absolute atomic E-state index is 0.0780. The molecule has 0 aliphatic carbocycles. The van der Waals surface area contributed by atoms with E-state index in [0.717, 1.165) is 23.1 Å². The van der Waals surface area contributed by atoms with Gasteiger partial charge in [-0.15, -0.1) is 0 Å². The highest BCUT2D eigenvalue weighted by Crippen LogP contribution is 2.30. The van der Waals surface area contributed by atoms with E-state index in [2.05, 4.69) is 15.0 Å². The second-order valence-electron chi connectivity index (χ2n) is 7.09. The lowest BCUT2D eigenvalue weighted by Crippen LogP contribution is -2.17. The number of amides is 1. The van der Waals surface area contributed by atoms with Gasteiger partial charge in [-0.25, -0.2) is 8.42 Å². The number of methoxy groups -OCH3 is 1. The number of ether oxygens (including phenoxy) is 1. The maximum atomic E-state index is 13.2. The van der Waals surface area contributed by atoms with Crippen LogP contribution in [0.3, 0.4) is 0 Å². The number of hydrogen-bond donors (Lipinski definition) is 2. The van der Waals surface area contributed by atoms with Crippen LogP contribution in [0.5, 0.6) is 5.75 Å². The summed E-state index contributed by atoms with van der Waals surface area (Å²) in [5, 5.41) is 2.71. The third-order valence-electron chi connectivity index (χ3n) is 4.89. The van der Waals surface area contributed by atoms with Gasteiger partial charge in [-0.1, -0.05) is 25.1 Å². The quantitative estimate of drug-likeness (QED) is 0.571. The zero-order valence-electron chi connectivity index (χ0n) is 17.9. The molecule has 0 aliphatic rings. The average Bonchev–Trinajstić information content (AvgIpc) is 2.76. The summed E-state index contributed by atoms with van der Waals surface area (Å²) >= 11 is 0. The molecule has 7 nitrogen and oxygen atoms in total. The van der Waals surface area contributed by atoms with Gasteiger partial charge in [0, 0.05) is 11.9 Å². The Morgan fingerprint density at radius 1 is 1.06 bits per heavy atom. The predicted octanol–water partition coefficient (Wildman–Crippen LogP) is 4.32. The largest absolute Gasteiger partial charge is 0.495 e. The van der Waals surface area contributed by atoms with Gasteiger partial charge in [0.25, 0.3) is 15.9 Å². The number of carbonyl (C=O) groups is 1. The smallest absolute Gasteiger partial charge is 0.274 e. The van der Waals surface area contributed by atoms with Gasteiger partial charge in [0.1, 0.15) is 16.3 Å². The molecule has 0 radical (unpaired) electrons. The van der Waals surface area contributed by atoms with Crippen LogP contribution in [0.4, 0.5) is 11.4 Å². The van der Waals surface area contributed by atoms with Crippen LogP contribution in [-0.4, -0.2) is 26.4 Å². The van der Waals surface area contributed by atoms with E-state index >= 15 is 0 Å². The molecular weight excluding hydrogens is 414 g/mol. The van der Waals surface area contributed by atoms with Crippen LogP contribution >= 0.6 is 0 Å². The lowest BCUT2D eigenvalue weighted by atomic mass is 10.1. The number of nitrogens with one attached hydrogen (secondary N) is 2. The fraction of sp³-hybridized carbons (Fsp3) is 0.217. The third kappa shape index (κ3) is 5.03. The Bertz CT molecular complexity index is 1200. The molecule has 1 aromatic heterocycles. The van der Waals surface area contributed by atoms with Crippen LogP contribution in [0, 0.1) is 13.8 Å². The summed E-state index contributed by atoms with van der Waals surface area (Å²) < 4.78 is 34.2. The van der Waals surface area contributed by atoms with E-state index in [9.17, 15) is 13.2 Å². The number of carbonyl (C=O) groups excluding carboxylic acids is 1. The molecule has 0 atom stereocenters. The second-order valence-corrected chi connectivity index (χ2v) is 8.75. The third-order valence-corrected chi connectivity index (χ3v) is 6.26. The van der Waals surface area contributed by atoms with Crippen LogP contribution in [-0.2, 0) is 16.4 Å². The van der Waals surface area contributed by atoms with Gasteiger partial charge in [0.2, 0.25) is 0 Å². The molecule has 0 saturated heterocycles. The number of sulfonamides is 1. The molecular formula is C23H25N3O4S. The molecule has 3 rings (SSSR count). The van der Waals surface area contributed by atoms with E-state index in [-0.39, 0.29) is 16.3 Å². The van der Waals surface area contributed by atoms with Crippen molar-refractivity contribution in [1.29, 1.82) is 0 Å². The van der Waals surface area contributed by atoms with Crippen molar-refractivity contribution in [2.24, 2.45) is 0 Å². The van der Waals surface area contributed by atoms with Crippen LogP contribution in [0.15, 0.2) is 59.6 Å². The maximum Gasteiger partial charge on any atom is 0.274 e. The number of nitrogens with zero attached hydrogens (tertiary/aromatic N) is 1. The SMILES string of the molecule is CCc1ccnc(C(=O)Nc2ccc(OC)c(S(=O)(=O)Nc3c(C)cccc3C)c2)c1. The van der Waals surface area contributed by atoms with Crippen molar-refractivity contribution in [1.82, 2.24) is 4.98 Å². The molecule has 1 amide bonds. The van der Waals surface area contributed by atoms with Gasteiger partial charge >= 0.3 is 0 Å². The average molecular weight is 440 g/mol. The van der Waals surface area contributed by atoms with Crippen molar-refractivity contribution in [3.8, 4) is 5.75 Å². The fourth-order valence-electron chi connectivity index (χ4n) is 3.14. The van der Waals surface area contributed by atoms with Gasteiger partial charge in [-0.2, -0.15) is 0 Å². The first-order chi connectivity index (χ1) is 14.7. The highest BCUT2D eigenvalue weighted by atomic mass is 32.2. The summed E-state index contributed by atoms with van der Waals surface area (Å²) in [6, 6.07) is 13.5. The molecule has 2 aromatic carbocycles. The zero-order valence-corrected chi connectivity index (χ0v) is 18.7. The summed E-state index contributed by atoms with van der Waals surface area (Å²) in [5.74, 6) is -0.255. The number of aromatic nitrogens is 1. The number of aryl methyl sites for hydroxylation is 3. The molecule has 3 aromatic rings. The van der Waals surface area contributed by atoms with Crippen molar-refractivity contribution >= 4 is 27.3 Å². The maximum absolute atomic E-state index is 13.2. The first-order valence-corrected chi connectivity index (χ1v) is 11.3. The van der Waals surface area contributed by atoms with Gasteiger partial charge in [0.15, 0.2) is 0 Å². The van der Waals surface area contributed by atoms with Crippen molar-refractivity contribution in [3.05, 3.63) is 77.1 Å². The number of benzene rings is 2. The molecule has 162 valence electrons. The Morgan fingerprint density at radius 2 is 1.77 bits per heavy atom. The minimum Gasteiger partial charge on any atom is -0.495 e. The summed E-state index contributed by atoms with van der Waals surface area (Å²) in [5.41, 5.74) is 3.67. The number of para-hydroxylation sites is 1. The molecule has 2 N–H and O–H groups in total. The lowest BCUT2D eigenvalue weighted by molar-refractivity contribution is 0.102. The van der Waals surface area contributed by atoms with E-state index in [1.807, 2.05) is 45.0 Å². The Hall–Kier alpha value is -3.39. The van der Waals surface area contributed by atoms with Gasteiger partial charge < -0.3 is 10.1 Å². The monoisotopic (exact) mass is 439 g/mol. The fourth-order valence-corrected chi connectivity index (χ4v) is 4.54. The van der Waals surface area contributed by atoms with E-state index < -0.39 is 15.9 Å². The predicted molar refractivity (Wildman–Crippen MR) is 121 cm³/mol. The standard InChI is InChI=1S/C23H25N3O4S/c1-5-17-11-12-24-19(13-17)23(27)25-18-9-10-20(30-4)21(14-18)31(28,29)26-22-15(2)7-6-8-16(22)3/h6-14,26H,5H2,1-4H3,(H,25,27). The molecule has 0 saturated carbocycles.